The van der Waals surface area contributed by atoms with Crippen molar-refractivity contribution < 1.29 is 56.7 Å². The molecule has 81 heavy (non-hydrogen) atoms. The fraction of sp³-hybridized carbons (Fsp3) is 0.600. The van der Waals surface area contributed by atoms with E-state index >= 15 is 0 Å². The quantitative estimate of drug-likeness (QED) is 0.0149. The van der Waals surface area contributed by atoms with E-state index in [4.69, 9.17) is 9.98 Å². The zero-order valence-electron chi connectivity index (χ0n) is 51.9. The zero-order chi connectivity index (χ0) is 59.2. The molecule has 0 heterocycles. The number of rotatable bonds is 37. The Labute approximate surface area is 500 Å². The second-order valence-electron chi connectivity index (χ2n) is 21.7. The summed E-state index contributed by atoms with van der Waals surface area (Å²) in [6.45, 7) is 21.0. The third-order valence-corrected chi connectivity index (χ3v) is 15.2. The van der Waals surface area contributed by atoms with Crippen LogP contribution in [0.3, 0.4) is 0 Å². The van der Waals surface area contributed by atoms with Crippen molar-refractivity contribution in [2.75, 3.05) is 0 Å². The van der Waals surface area contributed by atoms with Crippen LogP contribution >= 0.6 is 0 Å². The summed E-state index contributed by atoms with van der Waals surface area (Å²) < 4.78 is 0. The van der Waals surface area contributed by atoms with Gasteiger partial charge in [-0.3, -0.25) is 9.98 Å². The molecule has 0 radical (unpaired) electrons. The molecule has 4 aromatic rings. The Bertz CT molecular complexity index is 2420. The number of unbranched alkanes of at least 4 members (excludes halogenated alkanes) is 16. The number of hydrogen-bond donors (Lipinski definition) is 4. The molecule has 0 amide bonds. The molecule has 0 aliphatic rings. The van der Waals surface area contributed by atoms with Crippen LogP contribution in [0.5, 0.6) is 23.0 Å². The van der Waals surface area contributed by atoms with E-state index in [0.717, 1.165) is 56.3 Å². The summed E-state index contributed by atoms with van der Waals surface area (Å²) in [7, 11) is 0. The van der Waals surface area contributed by atoms with Crippen LogP contribution in [0.1, 0.15) is 289 Å². The Balaban J connectivity index is 0.000000850. The first-order valence-corrected chi connectivity index (χ1v) is 31.6. The Kier molecular flexibility index (Phi) is 39.7. The minimum atomic E-state index is -1.46. The van der Waals surface area contributed by atoms with Crippen molar-refractivity contribution in [1.29, 1.82) is 0 Å². The number of aromatic hydroxyl groups is 4. The number of carbonyl (C=O) groups is 2. The maximum absolute atomic E-state index is 10.8. The molecule has 0 unspecified atom stereocenters. The summed E-state index contributed by atoms with van der Waals surface area (Å²) in [5.41, 5.74) is 12.5. The van der Waals surface area contributed by atoms with Crippen LogP contribution < -0.4 is 10.2 Å². The summed E-state index contributed by atoms with van der Waals surface area (Å²) in [5.74, 6) is -4.97. The van der Waals surface area contributed by atoms with Gasteiger partial charge in [-0.1, -0.05) is 210 Å². The molecule has 0 atom stereocenters. The first kappa shape index (κ1) is 73.9. The van der Waals surface area contributed by atoms with E-state index < -0.39 is 34.9 Å². The predicted octanol–water partition coefficient (Wildman–Crippen LogP) is 17.4. The molecule has 4 N–H and O–H groups in total. The van der Waals surface area contributed by atoms with Crippen molar-refractivity contribution in [2.45, 2.75) is 275 Å². The van der Waals surface area contributed by atoms with E-state index in [2.05, 4.69) is 77.9 Å². The van der Waals surface area contributed by atoms with Gasteiger partial charge in [0.25, 0.3) is 0 Å². The number of aryl methyl sites for hydroxylation is 6. The van der Waals surface area contributed by atoms with E-state index in [0.29, 0.717) is 47.9 Å². The fourth-order valence-electron chi connectivity index (χ4n) is 10.8. The van der Waals surface area contributed by atoms with Gasteiger partial charge in [0.15, 0.2) is 23.0 Å². The Hall–Kier alpha value is -5.15. The molecule has 0 aliphatic heterocycles. The van der Waals surface area contributed by atoms with Crippen LogP contribution in [0.25, 0.3) is 0 Å². The molecule has 0 saturated heterocycles. The number of carboxylic acids is 2. The molecule has 4 aromatic carbocycles. The number of hydrogen-bond acceptors (Lipinski definition) is 10. The number of carboxylic acid groups (broad SMARTS) is 2. The summed E-state index contributed by atoms with van der Waals surface area (Å²) >= 11 is 0. The predicted molar refractivity (Wildman–Crippen MR) is 332 cm³/mol. The van der Waals surface area contributed by atoms with E-state index in [1.54, 1.807) is 13.8 Å². The van der Waals surface area contributed by atoms with Gasteiger partial charge in [0.1, 0.15) is 0 Å². The number of phenols is 4. The second kappa shape index (κ2) is 43.5. The Morgan fingerprint density at radius 1 is 0.370 bits per heavy atom. The molecule has 0 aliphatic carbocycles. The first-order chi connectivity index (χ1) is 38.6. The van der Waals surface area contributed by atoms with Crippen LogP contribution in [0.15, 0.2) is 58.5 Å². The molecule has 10 nitrogen and oxygen atoms in total. The Morgan fingerprint density at radius 3 is 0.975 bits per heavy atom. The SMILES string of the molecule is CCCCCCCCCCCCCCCCCCC(=Nc1ccc(CCC)c(CCC)c1)C(CCCC)=Nc1ccc(CCC)c(CCC)c1.CCc1cc(O)c(O)c(C(=O)[O-])c1CC.CCc1cc(O)c(O)c(C(=O)[O-])c1CC.[Ni+2]. The van der Waals surface area contributed by atoms with Gasteiger partial charge in [-0.05, 0) is 158 Å². The molecule has 0 bridgehead atoms. The van der Waals surface area contributed by atoms with Gasteiger partial charge in [-0.15, -0.1) is 0 Å². The number of carbonyl (C=O) groups excluding carboxylic acids is 2. The number of benzene rings is 4. The van der Waals surface area contributed by atoms with Crippen LogP contribution in [0, 0.1) is 0 Å². The summed E-state index contributed by atoms with van der Waals surface area (Å²) in [5, 5.41) is 59.2. The van der Waals surface area contributed by atoms with E-state index in [9.17, 15) is 40.2 Å². The van der Waals surface area contributed by atoms with Crippen LogP contribution in [0.2, 0.25) is 0 Å². The number of phenolic OH excluding ortho intramolecular Hbond substituents is 2. The molecule has 4 rings (SSSR count). The summed E-state index contributed by atoms with van der Waals surface area (Å²) in [4.78, 5) is 32.6. The molecule has 454 valence electrons. The van der Waals surface area contributed by atoms with Crippen molar-refractivity contribution in [2.24, 2.45) is 9.98 Å². The standard InChI is InChI=1S/C48H80N2.2C11H14O4.Ni/c1-7-13-15-16-17-18-19-20-21-22-23-24-25-26-27-28-34-48(50-46-38-36-42(30-10-4)44(40-46)32-12-6)47(33-14-8-2)49-45-37-35-41(29-9-3)43(39-45)31-11-5;2*1-3-6-5-8(12)10(13)9(11(14)15)7(6)4-2;/h35-40H,7-34H2,1-6H3;2*5,12-13H,3-4H2,1-2H3,(H,14,15);/q;;;+2/p-2. The number of aliphatic imine (C=N–C) groups is 2. The average Bonchev–Trinajstić information content (AvgIpc) is 3.52. The van der Waals surface area contributed by atoms with Crippen molar-refractivity contribution in [3.8, 4) is 23.0 Å². The van der Waals surface area contributed by atoms with Gasteiger partial charge in [-0.2, -0.15) is 0 Å². The molecule has 11 heteroatoms. The van der Waals surface area contributed by atoms with Gasteiger partial charge >= 0.3 is 16.5 Å². The molecule has 0 fully saturated rings. The largest absolute Gasteiger partial charge is 2.00 e. The van der Waals surface area contributed by atoms with E-state index in [-0.39, 0.29) is 27.6 Å². The van der Waals surface area contributed by atoms with E-state index in [1.807, 2.05) is 13.8 Å². The van der Waals surface area contributed by atoms with Gasteiger partial charge in [0.2, 0.25) is 0 Å². The summed E-state index contributed by atoms with van der Waals surface area (Å²) in [6.07, 6.45) is 38.2. The Morgan fingerprint density at radius 2 is 0.679 bits per heavy atom. The molecular weight excluding hydrogens is 1060 g/mol. The second-order valence-corrected chi connectivity index (χ2v) is 21.7. The van der Waals surface area contributed by atoms with Crippen molar-refractivity contribution in [1.82, 2.24) is 0 Å². The van der Waals surface area contributed by atoms with Gasteiger partial charge in [-0.25, -0.2) is 0 Å². The normalized spacial score (nSPS) is 11.4. The van der Waals surface area contributed by atoms with Gasteiger partial charge < -0.3 is 40.2 Å². The molecule has 0 spiro atoms. The van der Waals surface area contributed by atoms with E-state index in [1.165, 1.54) is 181 Å². The third-order valence-electron chi connectivity index (χ3n) is 15.2. The monoisotopic (exact) mass is 1160 g/mol. The van der Waals surface area contributed by atoms with Crippen LogP contribution in [-0.4, -0.2) is 43.8 Å². The summed E-state index contributed by atoms with van der Waals surface area (Å²) in [6, 6.07) is 16.8. The molecule has 0 aromatic heterocycles. The van der Waals surface area contributed by atoms with Crippen LogP contribution in [0.4, 0.5) is 11.4 Å². The van der Waals surface area contributed by atoms with Gasteiger partial charge in [0, 0.05) is 11.1 Å². The minimum absolute atomic E-state index is 0. The van der Waals surface area contributed by atoms with Crippen molar-refractivity contribution in [3.63, 3.8) is 0 Å². The average molecular weight is 1160 g/mol. The maximum atomic E-state index is 10.8. The van der Waals surface area contributed by atoms with Crippen molar-refractivity contribution in [3.05, 3.63) is 104 Å². The topological polar surface area (TPSA) is 186 Å². The molecular formula is C70H106N2NiO8. The maximum Gasteiger partial charge on any atom is 2.00 e. The number of aromatic carboxylic acids is 2. The third kappa shape index (κ3) is 26.3. The smallest absolute Gasteiger partial charge is 0.545 e. The van der Waals surface area contributed by atoms with Crippen LogP contribution in [-0.2, 0) is 67.9 Å². The zero-order valence-corrected chi connectivity index (χ0v) is 52.9. The minimum Gasteiger partial charge on any atom is -0.545 e. The van der Waals surface area contributed by atoms with Crippen molar-refractivity contribution >= 4 is 34.7 Å². The number of nitrogens with zero attached hydrogens (tertiary/aromatic N) is 2. The fourth-order valence-corrected chi connectivity index (χ4v) is 10.8. The first-order valence-electron chi connectivity index (χ1n) is 31.6. The molecule has 0 saturated carbocycles. The van der Waals surface area contributed by atoms with Gasteiger partial charge in [0.05, 0.1) is 34.7 Å².